The average molecular weight is 270 g/mol. The van der Waals surface area contributed by atoms with Crippen LogP contribution in [0, 0.1) is 0 Å². The minimum atomic E-state index is 0.348. The van der Waals surface area contributed by atoms with Crippen molar-refractivity contribution in [3.05, 3.63) is 34.3 Å². The van der Waals surface area contributed by atoms with E-state index in [1.165, 1.54) is 5.56 Å². The summed E-state index contributed by atoms with van der Waals surface area (Å²) in [5.74, 6) is 0. The first-order chi connectivity index (χ1) is 7.29. The van der Waals surface area contributed by atoms with Crippen molar-refractivity contribution in [2.75, 3.05) is 13.2 Å². The van der Waals surface area contributed by atoms with Gasteiger partial charge in [-0.3, -0.25) is 0 Å². The molecule has 1 aliphatic rings. The maximum Gasteiger partial charge on any atom is 0.0698 e. The van der Waals surface area contributed by atoms with E-state index >= 15 is 0 Å². The summed E-state index contributed by atoms with van der Waals surface area (Å²) in [5, 5.41) is 3.52. The van der Waals surface area contributed by atoms with Gasteiger partial charge in [-0.2, -0.15) is 0 Å². The standard InChI is InChI=1S/C12H16BrNO/c1-2-11-7-14-12(8-15-11)9-3-5-10(13)6-4-9/h3-6,11-12,14H,2,7-8H2,1H3/t11-,12-/m0/s1. The zero-order valence-electron chi connectivity index (χ0n) is 8.87. The highest BCUT2D eigenvalue weighted by atomic mass is 79.9. The Balaban J connectivity index is 1.98. The lowest BCUT2D eigenvalue weighted by Crippen LogP contribution is -2.40. The number of hydrogen-bond acceptors (Lipinski definition) is 2. The molecule has 0 bridgehead atoms. The van der Waals surface area contributed by atoms with E-state index < -0.39 is 0 Å². The lowest BCUT2D eigenvalue weighted by Gasteiger charge is -2.30. The number of morpholine rings is 1. The zero-order chi connectivity index (χ0) is 10.7. The number of rotatable bonds is 2. The SMILES string of the molecule is CC[C@H]1CN[C@H](c2ccc(Br)cc2)CO1. The molecule has 1 saturated heterocycles. The van der Waals surface area contributed by atoms with Gasteiger partial charge in [0.2, 0.25) is 0 Å². The Labute approximate surface area is 99.1 Å². The van der Waals surface area contributed by atoms with Gasteiger partial charge < -0.3 is 10.1 Å². The number of benzene rings is 1. The molecule has 15 heavy (non-hydrogen) atoms. The van der Waals surface area contributed by atoms with Gasteiger partial charge in [0.15, 0.2) is 0 Å². The van der Waals surface area contributed by atoms with Crippen LogP contribution in [0.3, 0.4) is 0 Å². The minimum Gasteiger partial charge on any atom is -0.375 e. The molecule has 1 aromatic carbocycles. The monoisotopic (exact) mass is 269 g/mol. The molecule has 0 radical (unpaired) electrons. The van der Waals surface area contributed by atoms with Crippen LogP contribution in [0.4, 0.5) is 0 Å². The Morgan fingerprint density at radius 3 is 2.67 bits per heavy atom. The number of halogens is 1. The molecular weight excluding hydrogens is 254 g/mol. The molecule has 0 unspecified atom stereocenters. The van der Waals surface area contributed by atoms with Gasteiger partial charge in [-0.1, -0.05) is 35.0 Å². The zero-order valence-corrected chi connectivity index (χ0v) is 10.5. The summed E-state index contributed by atoms with van der Waals surface area (Å²) >= 11 is 3.44. The Hall–Kier alpha value is -0.380. The van der Waals surface area contributed by atoms with Crippen LogP contribution in [-0.4, -0.2) is 19.3 Å². The first-order valence-corrected chi connectivity index (χ1v) is 6.19. The lowest BCUT2D eigenvalue weighted by molar-refractivity contribution is 0.00204. The smallest absolute Gasteiger partial charge is 0.0698 e. The predicted molar refractivity (Wildman–Crippen MR) is 64.9 cm³/mol. The van der Waals surface area contributed by atoms with Gasteiger partial charge in [0.1, 0.15) is 0 Å². The summed E-state index contributed by atoms with van der Waals surface area (Å²) in [7, 11) is 0. The van der Waals surface area contributed by atoms with Crippen molar-refractivity contribution in [3.63, 3.8) is 0 Å². The van der Waals surface area contributed by atoms with Crippen LogP contribution < -0.4 is 5.32 Å². The van der Waals surface area contributed by atoms with Crippen molar-refractivity contribution in [2.24, 2.45) is 0 Å². The molecule has 82 valence electrons. The molecule has 3 heteroatoms. The summed E-state index contributed by atoms with van der Waals surface area (Å²) in [6.07, 6.45) is 1.47. The van der Waals surface area contributed by atoms with Gasteiger partial charge in [-0.25, -0.2) is 0 Å². The first kappa shape index (κ1) is 11.1. The number of hydrogen-bond donors (Lipinski definition) is 1. The number of nitrogens with one attached hydrogen (secondary N) is 1. The fraction of sp³-hybridized carbons (Fsp3) is 0.500. The third-order valence-corrected chi connectivity index (χ3v) is 3.35. The van der Waals surface area contributed by atoms with Crippen LogP contribution in [-0.2, 0) is 4.74 Å². The van der Waals surface area contributed by atoms with Gasteiger partial charge in [-0.15, -0.1) is 0 Å². The maximum atomic E-state index is 5.75. The molecule has 2 nitrogen and oxygen atoms in total. The summed E-state index contributed by atoms with van der Waals surface area (Å²) in [5.41, 5.74) is 1.30. The number of ether oxygens (including phenoxy) is 1. The van der Waals surface area contributed by atoms with Gasteiger partial charge >= 0.3 is 0 Å². The van der Waals surface area contributed by atoms with Crippen LogP contribution in [0.2, 0.25) is 0 Å². The van der Waals surface area contributed by atoms with Gasteiger partial charge in [-0.05, 0) is 24.1 Å². The molecule has 2 rings (SSSR count). The third-order valence-electron chi connectivity index (χ3n) is 2.82. The van der Waals surface area contributed by atoms with Crippen LogP contribution in [0.5, 0.6) is 0 Å². The van der Waals surface area contributed by atoms with Crippen molar-refractivity contribution in [1.29, 1.82) is 0 Å². The molecule has 1 aromatic rings. The van der Waals surface area contributed by atoms with Gasteiger partial charge in [0.25, 0.3) is 0 Å². The fourth-order valence-corrected chi connectivity index (χ4v) is 2.06. The van der Waals surface area contributed by atoms with Crippen LogP contribution in [0.15, 0.2) is 28.7 Å². The van der Waals surface area contributed by atoms with Crippen molar-refractivity contribution in [3.8, 4) is 0 Å². The van der Waals surface area contributed by atoms with E-state index in [1.807, 2.05) is 0 Å². The normalized spacial score (nSPS) is 26.5. The first-order valence-electron chi connectivity index (χ1n) is 5.40. The quantitative estimate of drug-likeness (QED) is 0.892. The second-order valence-electron chi connectivity index (χ2n) is 3.88. The molecule has 0 aliphatic carbocycles. The maximum absolute atomic E-state index is 5.75. The highest BCUT2D eigenvalue weighted by Crippen LogP contribution is 2.20. The molecule has 0 amide bonds. The molecule has 1 N–H and O–H groups in total. The van der Waals surface area contributed by atoms with Gasteiger partial charge in [0.05, 0.1) is 18.8 Å². The largest absolute Gasteiger partial charge is 0.375 e. The van der Waals surface area contributed by atoms with Crippen molar-refractivity contribution in [2.45, 2.75) is 25.5 Å². The van der Waals surface area contributed by atoms with Crippen molar-refractivity contribution < 1.29 is 4.74 Å². The van der Waals surface area contributed by atoms with Gasteiger partial charge in [0, 0.05) is 11.0 Å². The van der Waals surface area contributed by atoms with E-state index in [0.717, 1.165) is 24.0 Å². The third kappa shape index (κ3) is 2.80. The second kappa shape index (κ2) is 5.10. The van der Waals surface area contributed by atoms with Crippen LogP contribution in [0.25, 0.3) is 0 Å². The molecule has 0 spiro atoms. The van der Waals surface area contributed by atoms with Crippen LogP contribution in [0.1, 0.15) is 24.9 Å². The molecule has 1 aliphatic heterocycles. The second-order valence-corrected chi connectivity index (χ2v) is 4.79. The molecule has 1 fully saturated rings. The van der Waals surface area contributed by atoms with Crippen LogP contribution >= 0.6 is 15.9 Å². The average Bonchev–Trinajstić information content (AvgIpc) is 2.30. The van der Waals surface area contributed by atoms with E-state index in [1.54, 1.807) is 0 Å². The Bertz CT molecular complexity index is 304. The minimum absolute atomic E-state index is 0.348. The van der Waals surface area contributed by atoms with E-state index in [-0.39, 0.29) is 0 Å². The Morgan fingerprint density at radius 1 is 1.40 bits per heavy atom. The lowest BCUT2D eigenvalue weighted by atomic mass is 10.1. The summed E-state index contributed by atoms with van der Waals surface area (Å²) in [6, 6.07) is 8.77. The van der Waals surface area contributed by atoms with Crippen molar-refractivity contribution in [1.82, 2.24) is 5.32 Å². The molecule has 0 saturated carbocycles. The highest BCUT2D eigenvalue weighted by molar-refractivity contribution is 9.10. The van der Waals surface area contributed by atoms with E-state index in [9.17, 15) is 0 Å². The van der Waals surface area contributed by atoms with E-state index in [0.29, 0.717) is 12.1 Å². The summed E-state index contributed by atoms with van der Waals surface area (Å²) < 4.78 is 6.87. The summed E-state index contributed by atoms with van der Waals surface area (Å²) in [4.78, 5) is 0. The molecule has 2 atom stereocenters. The predicted octanol–water partition coefficient (Wildman–Crippen LogP) is 2.89. The summed E-state index contributed by atoms with van der Waals surface area (Å²) in [6.45, 7) is 3.89. The van der Waals surface area contributed by atoms with E-state index in [4.69, 9.17) is 4.74 Å². The molecule has 0 aromatic heterocycles. The van der Waals surface area contributed by atoms with Crippen molar-refractivity contribution >= 4 is 15.9 Å². The molecular formula is C12H16BrNO. The Morgan fingerprint density at radius 2 is 2.13 bits per heavy atom. The topological polar surface area (TPSA) is 21.3 Å². The highest BCUT2D eigenvalue weighted by Gasteiger charge is 2.20. The fourth-order valence-electron chi connectivity index (χ4n) is 1.80. The van der Waals surface area contributed by atoms with E-state index in [2.05, 4.69) is 52.4 Å². The molecule has 1 heterocycles. The Kier molecular flexibility index (Phi) is 3.78.